The Morgan fingerprint density at radius 1 is 1.43 bits per heavy atom. The zero-order valence-electron chi connectivity index (χ0n) is 11.0. The highest BCUT2D eigenvalue weighted by atomic mass is 32.2. The molecule has 1 fully saturated rings. The fraction of sp³-hybridized carbons (Fsp3) is 0.308. The molecule has 1 aromatic heterocycles. The van der Waals surface area contributed by atoms with E-state index in [1.165, 1.54) is 22.5 Å². The number of halogens is 1. The van der Waals surface area contributed by atoms with Crippen LogP contribution in [-0.4, -0.2) is 41.9 Å². The quantitative estimate of drug-likeness (QED) is 0.855. The van der Waals surface area contributed by atoms with Crippen LogP contribution in [0.4, 0.5) is 4.39 Å². The average molecular weight is 311 g/mol. The Balaban J connectivity index is 2.23. The Morgan fingerprint density at radius 3 is 2.86 bits per heavy atom. The van der Waals surface area contributed by atoms with E-state index in [1.54, 1.807) is 0 Å². The molecular formula is C13H14FN3O3S. The number of nitrogens with two attached hydrogens (primary N) is 1. The monoisotopic (exact) mass is 311 g/mol. The molecule has 0 radical (unpaired) electrons. The smallest absolute Gasteiger partial charge is 0.243 e. The van der Waals surface area contributed by atoms with Gasteiger partial charge >= 0.3 is 0 Å². The summed E-state index contributed by atoms with van der Waals surface area (Å²) in [5, 5.41) is 9.61. The summed E-state index contributed by atoms with van der Waals surface area (Å²) in [5.74, 6) is -1.19. The molecule has 2 heterocycles. The third kappa shape index (κ3) is 2.25. The molecule has 6 nitrogen and oxygen atoms in total. The van der Waals surface area contributed by atoms with E-state index in [4.69, 9.17) is 5.73 Å². The normalized spacial score (nSPS) is 20.2. The fourth-order valence-corrected chi connectivity index (χ4v) is 4.27. The molecule has 0 amide bonds. The zero-order valence-corrected chi connectivity index (χ0v) is 11.8. The van der Waals surface area contributed by atoms with E-state index in [1.807, 2.05) is 0 Å². The lowest BCUT2D eigenvalue weighted by atomic mass is 10.1. The number of aromatic hydroxyl groups is 1. The highest BCUT2D eigenvalue weighted by molar-refractivity contribution is 7.89. The molecule has 0 spiro atoms. The molecule has 1 aliphatic rings. The van der Waals surface area contributed by atoms with Crippen molar-refractivity contribution in [3.63, 3.8) is 0 Å². The highest BCUT2D eigenvalue weighted by Gasteiger charge is 2.32. The second-order valence-corrected chi connectivity index (χ2v) is 6.93. The van der Waals surface area contributed by atoms with Crippen LogP contribution in [0.1, 0.15) is 6.42 Å². The second-order valence-electron chi connectivity index (χ2n) is 5.02. The van der Waals surface area contributed by atoms with Crippen LogP contribution in [0.3, 0.4) is 0 Å². The lowest BCUT2D eigenvalue weighted by molar-refractivity contribution is 0.457. The number of nitrogens with zero attached hydrogens (tertiary/aromatic N) is 2. The largest absolute Gasteiger partial charge is 0.493 e. The maximum absolute atomic E-state index is 14.0. The molecule has 112 valence electrons. The number of hydrogen-bond donors (Lipinski definition) is 2. The minimum Gasteiger partial charge on any atom is -0.493 e. The zero-order chi connectivity index (χ0) is 15.2. The van der Waals surface area contributed by atoms with Gasteiger partial charge in [0.2, 0.25) is 15.9 Å². The van der Waals surface area contributed by atoms with Crippen LogP contribution in [0.15, 0.2) is 29.3 Å². The van der Waals surface area contributed by atoms with Crippen LogP contribution < -0.4 is 5.73 Å². The van der Waals surface area contributed by atoms with Crippen LogP contribution >= 0.6 is 0 Å². The SMILES string of the molecule is N[C@@H]1CCN(S(=O)(=O)c2cccc3c(O)ncc(F)c23)C1. The number of fused-ring (bicyclic) bond motifs is 1. The van der Waals surface area contributed by atoms with Gasteiger partial charge in [0.15, 0.2) is 5.82 Å². The van der Waals surface area contributed by atoms with Gasteiger partial charge in [-0.1, -0.05) is 6.07 Å². The molecule has 1 atom stereocenters. The van der Waals surface area contributed by atoms with Gasteiger partial charge in [0.25, 0.3) is 0 Å². The Morgan fingerprint density at radius 2 is 2.19 bits per heavy atom. The van der Waals surface area contributed by atoms with Crippen molar-refractivity contribution in [2.24, 2.45) is 5.73 Å². The molecule has 2 aromatic rings. The summed E-state index contributed by atoms with van der Waals surface area (Å²) in [6, 6.07) is 3.99. The van der Waals surface area contributed by atoms with Crippen LogP contribution in [0.25, 0.3) is 10.8 Å². The van der Waals surface area contributed by atoms with Crippen molar-refractivity contribution >= 4 is 20.8 Å². The number of aromatic nitrogens is 1. The van der Waals surface area contributed by atoms with Gasteiger partial charge in [0.05, 0.1) is 11.1 Å². The molecule has 0 bridgehead atoms. The predicted molar refractivity (Wildman–Crippen MR) is 74.7 cm³/mol. The molecule has 21 heavy (non-hydrogen) atoms. The summed E-state index contributed by atoms with van der Waals surface area (Å²) in [4.78, 5) is 3.32. The lowest BCUT2D eigenvalue weighted by Gasteiger charge is -2.17. The van der Waals surface area contributed by atoms with E-state index < -0.39 is 21.7 Å². The van der Waals surface area contributed by atoms with E-state index in [0.717, 1.165) is 6.20 Å². The maximum atomic E-state index is 14.0. The first kappa shape index (κ1) is 14.2. The van der Waals surface area contributed by atoms with Crippen molar-refractivity contribution in [2.45, 2.75) is 17.4 Å². The van der Waals surface area contributed by atoms with Crippen LogP contribution in [-0.2, 0) is 10.0 Å². The summed E-state index contributed by atoms with van der Waals surface area (Å²) in [6.07, 6.45) is 1.38. The van der Waals surface area contributed by atoms with Crippen molar-refractivity contribution in [2.75, 3.05) is 13.1 Å². The van der Waals surface area contributed by atoms with Crippen molar-refractivity contribution < 1.29 is 17.9 Å². The van der Waals surface area contributed by atoms with Gasteiger partial charge in [-0.2, -0.15) is 4.31 Å². The van der Waals surface area contributed by atoms with Gasteiger partial charge in [-0.3, -0.25) is 0 Å². The summed E-state index contributed by atoms with van der Waals surface area (Å²) in [5.41, 5.74) is 5.74. The van der Waals surface area contributed by atoms with Crippen molar-refractivity contribution in [3.8, 4) is 5.88 Å². The number of pyridine rings is 1. The average Bonchev–Trinajstić information content (AvgIpc) is 2.90. The molecule has 8 heteroatoms. The number of rotatable bonds is 2. The van der Waals surface area contributed by atoms with E-state index in [0.29, 0.717) is 13.0 Å². The molecule has 3 rings (SSSR count). The first-order chi connectivity index (χ1) is 9.91. The summed E-state index contributed by atoms with van der Waals surface area (Å²) in [6.45, 7) is 0.510. The third-order valence-corrected chi connectivity index (χ3v) is 5.52. The van der Waals surface area contributed by atoms with Gasteiger partial charge in [0.1, 0.15) is 0 Å². The van der Waals surface area contributed by atoms with E-state index in [-0.39, 0.29) is 28.3 Å². The number of benzene rings is 1. The van der Waals surface area contributed by atoms with Gasteiger partial charge in [-0.15, -0.1) is 0 Å². The van der Waals surface area contributed by atoms with Crippen molar-refractivity contribution in [1.82, 2.24) is 9.29 Å². The first-order valence-corrected chi connectivity index (χ1v) is 7.87. The van der Waals surface area contributed by atoms with Gasteiger partial charge in [0, 0.05) is 29.9 Å². The van der Waals surface area contributed by atoms with Gasteiger partial charge in [-0.25, -0.2) is 17.8 Å². The van der Waals surface area contributed by atoms with E-state index in [2.05, 4.69) is 4.98 Å². The predicted octanol–water partition coefficient (Wildman–Crippen LogP) is 0.801. The minimum atomic E-state index is -3.86. The first-order valence-electron chi connectivity index (χ1n) is 6.43. The second kappa shape index (κ2) is 4.90. The Kier molecular flexibility index (Phi) is 3.31. The standard InChI is InChI=1S/C13H14FN3O3S/c14-10-6-16-13(18)9-2-1-3-11(12(9)10)21(19,20)17-5-4-8(15)7-17/h1-3,6,8H,4-5,7,15H2,(H,16,18)/t8-/m1/s1. The van der Waals surface area contributed by atoms with Gasteiger partial charge < -0.3 is 10.8 Å². The van der Waals surface area contributed by atoms with Gasteiger partial charge in [-0.05, 0) is 18.6 Å². The maximum Gasteiger partial charge on any atom is 0.243 e. The molecule has 1 aromatic carbocycles. The summed E-state index contributed by atoms with van der Waals surface area (Å²) in [7, 11) is -3.86. The van der Waals surface area contributed by atoms with E-state index in [9.17, 15) is 17.9 Å². The Bertz CT molecular complexity index is 810. The topological polar surface area (TPSA) is 96.5 Å². The Labute approximate surface area is 121 Å². The third-order valence-electron chi connectivity index (χ3n) is 3.61. The molecule has 0 unspecified atom stereocenters. The number of sulfonamides is 1. The Hall–Kier alpha value is -1.77. The van der Waals surface area contributed by atoms with E-state index >= 15 is 0 Å². The lowest BCUT2D eigenvalue weighted by Crippen LogP contribution is -2.32. The number of hydrogen-bond acceptors (Lipinski definition) is 5. The fourth-order valence-electron chi connectivity index (χ4n) is 2.54. The minimum absolute atomic E-state index is 0.0690. The van der Waals surface area contributed by atoms with Crippen LogP contribution in [0, 0.1) is 5.82 Å². The van der Waals surface area contributed by atoms with Crippen molar-refractivity contribution in [3.05, 3.63) is 30.2 Å². The molecule has 1 aliphatic heterocycles. The molecule has 0 saturated carbocycles. The van der Waals surface area contributed by atoms with Crippen LogP contribution in [0.2, 0.25) is 0 Å². The highest BCUT2D eigenvalue weighted by Crippen LogP contribution is 2.32. The molecule has 1 saturated heterocycles. The van der Waals surface area contributed by atoms with Crippen molar-refractivity contribution in [1.29, 1.82) is 0 Å². The summed E-state index contributed by atoms with van der Waals surface area (Å²) < 4.78 is 40.6. The van der Waals surface area contributed by atoms with Crippen LogP contribution in [0.5, 0.6) is 5.88 Å². The molecular weight excluding hydrogens is 297 g/mol. The summed E-state index contributed by atoms with van der Waals surface area (Å²) >= 11 is 0. The molecule has 0 aliphatic carbocycles. The molecule has 3 N–H and O–H groups in total.